The summed E-state index contributed by atoms with van der Waals surface area (Å²) in [5.41, 5.74) is 0.716. The number of rotatable bonds is 6. The highest BCUT2D eigenvalue weighted by Gasteiger charge is 2.71. The van der Waals surface area contributed by atoms with Gasteiger partial charge >= 0.3 is 11.9 Å². The second-order valence-electron chi connectivity index (χ2n) is 29.8. The summed E-state index contributed by atoms with van der Waals surface area (Å²) < 4.78 is 11.6. The van der Waals surface area contributed by atoms with Gasteiger partial charge in [-0.3, -0.25) is 38.4 Å². The van der Waals surface area contributed by atoms with Gasteiger partial charge < -0.3 is 24.8 Å². The van der Waals surface area contributed by atoms with E-state index in [-0.39, 0.29) is 91.6 Å². The van der Waals surface area contributed by atoms with E-state index in [2.05, 4.69) is 67.5 Å². The Kier molecular flexibility index (Phi) is 15.3. The van der Waals surface area contributed by atoms with E-state index in [1.807, 2.05) is 25.2 Å². The molecule has 0 heterocycles. The van der Waals surface area contributed by atoms with Gasteiger partial charge in [-0.2, -0.15) is 0 Å². The Morgan fingerprint density at radius 1 is 0.602 bits per heavy atom. The molecule has 83 heavy (non-hydrogen) atoms. The summed E-state index contributed by atoms with van der Waals surface area (Å²) in [6.45, 7) is 24.7. The first-order valence-electron chi connectivity index (χ1n) is 31.5. The van der Waals surface area contributed by atoms with Crippen LogP contribution < -0.4 is 0 Å². The SMILES string of the molecule is CC(=O)O[C@]1(C(C)=O)CC[C@H]2[C@@H]3C=C(C)C4=CC(=O)CC[C@]4(C)[C@H]3CC[C@@]21C.CC(=O)O[C@]1(C(C)=O)CC[C@H]2[C@@H]3C=C(C)C4=CC(=O)CC[C@]4(C)[C@H]3CC[C@@]21C.C[C@H]1C[C@@H]2[C@H]([C@@H](O)C[C@@]3(C)[C@H]2CC[C@]3(O)C(=O)CO)[C@@]2(C)C=CC(=O)C=C12. The first-order valence-corrected chi connectivity index (χ1v) is 31.5. The van der Waals surface area contributed by atoms with Crippen LogP contribution in [0.1, 0.15) is 193 Å². The van der Waals surface area contributed by atoms with E-state index in [1.54, 1.807) is 26.0 Å². The van der Waals surface area contributed by atoms with Crippen molar-refractivity contribution in [3.05, 3.63) is 70.4 Å². The van der Waals surface area contributed by atoms with Crippen LogP contribution in [0, 0.1) is 91.7 Å². The van der Waals surface area contributed by atoms with E-state index >= 15 is 0 Å². The van der Waals surface area contributed by atoms with Crippen LogP contribution in [-0.4, -0.2) is 91.5 Å². The first-order chi connectivity index (χ1) is 38.7. The second-order valence-corrected chi connectivity index (χ2v) is 29.8. The molecule has 13 heteroatoms. The fraction of sp³-hybridized carbons (Fsp3) is 0.714. The van der Waals surface area contributed by atoms with Crippen molar-refractivity contribution in [2.24, 2.45) is 91.7 Å². The molecule has 0 unspecified atom stereocenters. The number of ether oxygens (including phenoxy) is 2. The maximum atomic E-state index is 12.8. The molecule has 13 nitrogen and oxygen atoms in total. The number of aliphatic hydroxyl groups is 3. The number of carbonyl (C=O) groups excluding carboxylic acids is 8. The predicted octanol–water partition coefficient (Wildman–Crippen LogP) is 11.0. The van der Waals surface area contributed by atoms with Gasteiger partial charge in [0.25, 0.3) is 0 Å². The zero-order valence-electron chi connectivity index (χ0n) is 51.8. The molecule has 20 atom stereocenters. The topological polar surface area (TPSA) is 216 Å². The molecular formula is C70H94O13. The van der Waals surface area contributed by atoms with Crippen molar-refractivity contribution in [1.29, 1.82) is 0 Å². The van der Waals surface area contributed by atoms with Crippen LogP contribution in [0.3, 0.4) is 0 Å². The fourth-order valence-electron chi connectivity index (χ4n) is 22.3. The normalized spacial score (nSPS) is 46.8. The van der Waals surface area contributed by atoms with Crippen molar-refractivity contribution in [1.82, 2.24) is 0 Å². The third kappa shape index (κ3) is 8.78. The van der Waals surface area contributed by atoms with Crippen LogP contribution >= 0.6 is 0 Å². The highest BCUT2D eigenvalue weighted by molar-refractivity contribution is 6.01. The smallest absolute Gasteiger partial charge is 0.303 e. The molecule has 7 saturated carbocycles. The molecule has 12 aliphatic carbocycles. The van der Waals surface area contributed by atoms with Crippen LogP contribution in [0.4, 0.5) is 0 Å². The Morgan fingerprint density at radius 2 is 1.05 bits per heavy atom. The highest BCUT2D eigenvalue weighted by Crippen LogP contribution is 2.71. The van der Waals surface area contributed by atoms with Crippen molar-refractivity contribution >= 4 is 46.6 Å². The van der Waals surface area contributed by atoms with Crippen LogP contribution in [0.15, 0.2) is 70.4 Å². The molecule has 0 aliphatic heterocycles. The van der Waals surface area contributed by atoms with E-state index in [1.165, 1.54) is 36.1 Å². The van der Waals surface area contributed by atoms with Gasteiger partial charge in [-0.15, -0.1) is 0 Å². The Balaban J connectivity index is 0.000000139. The number of allylic oxidation sites excluding steroid dienone is 12. The molecule has 0 bridgehead atoms. The van der Waals surface area contributed by atoms with E-state index in [4.69, 9.17) is 9.47 Å². The van der Waals surface area contributed by atoms with Crippen molar-refractivity contribution in [3.8, 4) is 0 Å². The largest absolute Gasteiger partial charge is 0.451 e. The number of ketones is 6. The van der Waals surface area contributed by atoms with Gasteiger partial charge in [0.1, 0.15) is 12.2 Å². The number of aliphatic hydroxyl groups excluding tert-OH is 2. The van der Waals surface area contributed by atoms with Crippen molar-refractivity contribution < 1.29 is 63.1 Å². The number of Topliss-reactive ketones (excluding diaryl/α,β-unsaturated/α-hetero) is 3. The molecule has 0 spiro atoms. The molecule has 0 saturated heterocycles. The van der Waals surface area contributed by atoms with Crippen LogP contribution in [-0.2, 0) is 47.8 Å². The number of fused-ring (bicyclic) bond motifs is 15. The van der Waals surface area contributed by atoms with Crippen molar-refractivity contribution in [2.45, 2.75) is 216 Å². The minimum atomic E-state index is -1.57. The van der Waals surface area contributed by atoms with Crippen LogP contribution in [0.5, 0.6) is 0 Å². The molecule has 7 fully saturated rings. The monoisotopic (exact) mass is 1140 g/mol. The molecule has 0 aromatic carbocycles. The van der Waals surface area contributed by atoms with Gasteiger partial charge in [0.15, 0.2) is 45.9 Å². The number of carbonyl (C=O) groups is 8. The average molecular weight is 1140 g/mol. The fourth-order valence-corrected chi connectivity index (χ4v) is 22.3. The standard InChI is InChI=1S/2C24H32O4.C22H30O5/c2*1-14-12-18-19(22(4)9-6-17(27)13-21(14)22)7-10-23(5)20(18)8-11-24(23,15(2)25)28-16(3)26;1-12-8-14-15-5-7-22(27,18(26)11-23)21(15,3)10-17(25)19(14)20(2)6-4-13(24)9-16(12)20/h2*12-13,18-20H,6-11H2,1-5H3;4,6,9,12,14-15,17,19,23,25,27H,5,7-8,10-11H2,1-3H3/t2*18-,19+,20+,22-,23+,24+;12-,14-,15-,17-,19+,20-,21-,22-/m110/s1. The summed E-state index contributed by atoms with van der Waals surface area (Å²) in [6, 6.07) is 0. The molecule has 0 amide bonds. The number of hydrogen-bond acceptors (Lipinski definition) is 13. The summed E-state index contributed by atoms with van der Waals surface area (Å²) in [5.74, 6) is 1.98. The summed E-state index contributed by atoms with van der Waals surface area (Å²) in [7, 11) is 0. The van der Waals surface area contributed by atoms with Gasteiger partial charge in [0.2, 0.25) is 0 Å². The second kappa shape index (κ2) is 20.7. The van der Waals surface area contributed by atoms with E-state index < -0.39 is 40.7 Å². The van der Waals surface area contributed by atoms with E-state index in [0.29, 0.717) is 74.0 Å². The predicted molar refractivity (Wildman–Crippen MR) is 312 cm³/mol. The van der Waals surface area contributed by atoms with Crippen molar-refractivity contribution in [2.75, 3.05) is 6.61 Å². The number of hydrogen-bond donors (Lipinski definition) is 3. The third-order valence-electron chi connectivity index (χ3n) is 26.2. The first kappa shape index (κ1) is 61.4. The summed E-state index contributed by atoms with van der Waals surface area (Å²) >= 11 is 0. The Labute approximate surface area is 492 Å². The van der Waals surface area contributed by atoms with Crippen molar-refractivity contribution in [3.63, 3.8) is 0 Å². The Hall–Kier alpha value is -4.72. The molecule has 12 aliphatic rings. The lowest BCUT2D eigenvalue weighted by atomic mass is 9.45. The Morgan fingerprint density at radius 3 is 1.48 bits per heavy atom. The maximum Gasteiger partial charge on any atom is 0.303 e. The lowest BCUT2D eigenvalue weighted by Crippen LogP contribution is -2.62. The van der Waals surface area contributed by atoms with Gasteiger partial charge in [-0.25, -0.2) is 0 Å². The zero-order chi connectivity index (χ0) is 60.7. The third-order valence-corrected chi connectivity index (χ3v) is 26.2. The lowest BCUT2D eigenvalue weighted by molar-refractivity contribution is -0.185. The summed E-state index contributed by atoms with van der Waals surface area (Å²) in [6.07, 6.45) is 25.3. The molecule has 0 radical (unpaired) electrons. The van der Waals surface area contributed by atoms with Crippen LogP contribution in [0.2, 0.25) is 0 Å². The zero-order valence-corrected chi connectivity index (χ0v) is 51.8. The molecule has 0 aromatic rings. The lowest BCUT2D eigenvalue weighted by Gasteiger charge is -2.60. The van der Waals surface area contributed by atoms with Gasteiger partial charge in [0.05, 0.1) is 6.10 Å². The maximum absolute atomic E-state index is 12.8. The van der Waals surface area contributed by atoms with E-state index in [9.17, 15) is 53.7 Å². The molecule has 452 valence electrons. The Bertz CT molecular complexity index is 2890. The van der Waals surface area contributed by atoms with Gasteiger partial charge in [-0.05, 0) is 217 Å². The molecular weight excluding hydrogens is 1050 g/mol. The molecule has 3 N–H and O–H groups in total. The number of esters is 2. The van der Waals surface area contributed by atoms with Gasteiger partial charge in [-0.1, -0.05) is 83.4 Å². The summed E-state index contributed by atoms with van der Waals surface area (Å²) in [4.78, 5) is 97.9. The molecule has 0 aromatic heterocycles. The summed E-state index contributed by atoms with van der Waals surface area (Å²) in [5, 5.41) is 31.9. The minimum absolute atomic E-state index is 0.00620. The van der Waals surface area contributed by atoms with Crippen LogP contribution in [0.25, 0.3) is 0 Å². The average Bonchev–Trinajstić information content (AvgIpc) is 3.85. The minimum Gasteiger partial charge on any atom is -0.451 e. The van der Waals surface area contributed by atoms with E-state index in [0.717, 1.165) is 69.8 Å². The molecule has 12 rings (SSSR count). The quantitative estimate of drug-likeness (QED) is 0.211. The highest BCUT2D eigenvalue weighted by atomic mass is 16.6. The van der Waals surface area contributed by atoms with Gasteiger partial charge in [0, 0.05) is 54.3 Å².